The van der Waals surface area contributed by atoms with Gasteiger partial charge in [-0.05, 0) is 61.8 Å². The maximum atomic E-state index is 12.6. The maximum absolute atomic E-state index is 12.6. The van der Waals surface area contributed by atoms with Gasteiger partial charge in [-0.3, -0.25) is 4.79 Å². The minimum Gasteiger partial charge on any atom is -0.497 e. The third kappa shape index (κ3) is 3.78. The summed E-state index contributed by atoms with van der Waals surface area (Å²) in [4.78, 5) is 12.6. The first-order valence-corrected chi connectivity index (χ1v) is 7.90. The zero-order valence-electron chi connectivity index (χ0n) is 13.6. The van der Waals surface area contributed by atoms with Crippen LogP contribution in [0.25, 0.3) is 0 Å². The second-order valence-corrected chi connectivity index (χ2v) is 6.82. The Kier molecular flexibility index (Phi) is 4.92. The smallest absolute Gasteiger partial charge is 0.230 e. The van der Waals surface area contributed by atoms with E-state index < -0.39 is 0 Å². The maximum Gasteiger partial charge on any atom is 0.230 e. The number of ether oxygens (including phenoxy) is 1. The fourth-order valence-corrected chi connectivity index (χ4v) is 3.13. The lowest BCUT2D eigenvalue weighted by molar-refractivity contribution is -0.127. The lowest BCUT2D eigenvalue weighted by Crippen LogP contribution is -2.37. The first kappa shape index (κ1) is 15.9. The summed E-state index contributed by atoms with van der Waals surface area (Å²) in [5.41, 5.74) is 0.610. The van der Waals surface area contributed by atoms with Crippen LogP contribution in [-0.4, -0.2) is 13.0 Å². The van der Waals surface area contributed by atoms with E-state index in [4.69, 9.17) is 4.74 Å². The van der Waals surface area contributed by atoms with Crippen LogP contribution in [-0.2, 0) is 4.79 Å². The molecular formula is C18H27NO2. The summed E-state index contributed by atoms with van der Waals surface area (Å²) in [6.45, 7) is 6.66. The third-order valence-corrected chi connectivity index (χ3v) is 4.97. The van der Waals surface area contributed by atoms with Gasteiger partial charge in [0.25, 0.3) is 0 Å². The van der Waals surface area contributed by atoms with Gasteiger partial charge < -0.3 is 10.1 Å². The second-order valence-electron chi connectivity index (χ2n) is 6.82. The molecule has 21 heavy (non-hydrogen) atoms. The number of hydrogen-bond acceptors (Lipinski definition) is 2. The molecule has 1 saturated carbocycles. The van der Waals surface area contributed by atoms with E-state index >= 15 is 0 Å². The predicted molar refractivity (Wildman–Crippen MR) is 86.5 cm³/mol. The van der Waals surface area contributed by atoms with Crippen LogP contribution in [0.15, 0.2) is 24.3 Å². The summed E-state index contributed by atoms with van der Waals surface area (Å²) in [5.74, 6) is 2.44. The summed E-state index contributed by atoms with van der Waals surface area (Å²) >= 11 is 0. The molecule has 0 heterocycles. The summed E-state index contributed by atoms with van der Waals surface area (Å²) < 4.78 is 5.13. The van der Waals surface area contributed by atoms with Gasteiger partial charge in [0, 0.05) is 11.1 Å². The van der Waals surface area contributed by atoms with E-state index in [0.717, 1.165) is 49.0 Å². The van der Waals surface area contributed by atoms with Gasteiger partial charge in [-0.1, -0.05) is 20.8 Å². The van der Waals surface area contributed by atoms with Crippen molar-refractivity contribution >= 4 is 11.6 Å². The van der Waals surface area contributed by atoms with Crippen LogP contribution in [0.4, 0.5) is 5.69 Å². The normalized spacial score (nSPS) is 25.7. The number of hydrogen-bond donors (Lipinski definition) is 1. The van der Waals surface area contributed by atoms with Gasteiger partial charge in [0.2, 0.25) is 5.91 Å². The number of carbonyl (C=O) groups excluding carboxylic acids is 1. The summed E-state index contributed by atoms with van der Waals surface area (Å²) in [7, 11) is 1.64. The quantitative estimate of drug-likeness (QED) is 0.887. The Hall–Kier alpha value is -1.51. The first-order chi connectivity index (χ1) is 9.94. The molecule has 0 spiro atoms. The van der Waals surface area contributed by atoms with Gasteiger partial charge in [-0.25, -0.2) is 0 Å². The molecule has 0 radical (unpaired) electrons. The number of methoxy groups -OCH3 is 1. The van der Waals surface area contributed by atoms with Crippen LogP contribution in [0, 0.1) is 17.3 Å². The fraction of sp³-hybridized carbons (Fsp3) is 0.611. The molecule has 0 aliphatic heterocycles. The van der Waals surface area contributed by atoms with Crippen molar-refractivity contribution in [2.75, 3.05) is 12.4 Å². The van der Waals surface area contributed by atoms with Gasteiger partial charge in [0.05, 0.1) is 7.11 Å². The van der Waals surface area contributed by atoms with Crippen molar-refractivity contribution in [3.63, 3.8) is 0 Å². The van der Waals surface area contributed by atoms with Crippen LogP contribution < -0.4 is 10.1 Å². The Balaban J connectivity index is 1.96. The predicted octanol–water partition coefficient (Wildman–Crippen LogP) is 4.49. The number of nitrogens with one attached hydrogen (secondary N) is 1. The standard InChI is InChI=1S/C18H27NO2/c1-13(2)14-9-11-18(3,12-10-14)17(20)19-15-5-7-16(21-4)8-6-15/h5-8,13-14H,9-12H2,1-4H3,(H,19,20). The van der Waals surface area contributed by atoms with E-state index in [0.29, 0.717) is 0 Å². The van der Waals surface area contributed by atoms with Gasteiger partial charge in [0.15, 0.2) is 0 Å². The molecule has 1 aromatic carbocycles. The molecular weight excluding hydrogens is 262 g/mol. The Labute approximate surface area is 128 Å². The Morgan fingerprint density at radius 3 is 2.29 bits per heavy atom. The Morgan fingerprint density at radius 2 is 1.81 bits per heavy atom. The van der Waals surface area contributed by atoms with Crippen LogP contribution in [0.5, 0.6) is 5.75 Å². The molecule has 0 aromatic heterocycles. The van der Waals surface area contributed by atoms with Crippen molar-refractivity contribution < 1.29 is 9.53 Å². The van der Waals surface area contributed by atoms with Crippen molar-refractivity contribution in [2.24, 2.45) is 17.3 Å². The first-order valence-electron chi connectivity index (χ1n) is 7.90. The van der Waals surface area contributed by atoms with Crippen molar-refractivity contribution in [3.05, 3.63) is 24.3 Å². The van der Waals surface area contributed by atoms with Crippen molar-refractivity contribution in [3.8, 4) is 5.75 Å². The highest BCUT2D eigenvalue weighted by Crippen LogP contribution is 2.41. The molecule has 0 atom stereocenters. The second kappa shape index (κ2) is 6.50. The number of benzene rings is 1. The zero-order chi connectivity index (χ0) is 15.5. The molecule has 1 aliphatic rings. The highest BCUT2D eigenvalue weighted by atomic mass is 16.5. The van der Waals surface area contributed by atoms with Gasteiger partial charge in [-0.2, -0.15) is 0 Å². The zero-order valence-corrected chi connectivity index (χ0v) is 13.6. The lowest BCUT2D eigenvalue weighted by Gasteiger charge is -2.37. The highest BCUT2D eigenvalue weighted by molar-refractivity contribution is 5.95. The lowest BCUT2D eigenvalue weighted by atomic mass is 9.68. The van der Waals surface area contributed by atoms with Crippen molar-refractivity contribution in [2.45, 2.75) is 46.5 Å². The molecule has 3 nitrogen and oxygen atoms in total. The molecule has 1 aliphatic carbocycles. The largest absolute Gasteiger partial charge is 0.497 e. The average Bonchev–Trinajstić information content (AvgIpc) is 2.48. The van der Waals surface area contributed by atoms with Crippen LogP contribution >= 0.6 is 0 Å². The Morgan fingerprint density at radius 1 is 1.24 bits per heavy atom. The molecule has 0 bridgehead atoms. The minimum absolute atomic E-state index is 0.148. The van der Waals surface area contributed by atoms with E-state index in [1.807, 2.05) is 24.3 Å². The number of rotatable bonds is 4. The number of amides is 1. The van der Waals surface area contributed by atoms with E-state index in [1.165, 1.54) is 0 Å². The van der Waals surface area contributed by atoms with E-state index in [9.17, 15) is 4.79 Å². The van der Waals surface area contributed by atoms with Crippen LogP contribution in [0.1, 0.15) is 46.5 Å². The average molecular weight is 289 g/mol. The van der Waals surface area contributed by atoms with Gasteiger partial charge >= 0.3 is 0 Å². The molecule has 2 rings (SSSR count). The molecule has 1 amide bonds. The van der Waals surface area contributed by atoms with E-state index in [2.05, 4.69) is 26.1 Å². The van der Waals surface area contributed by atoms with Crippen molar-refractivity contribution in [1.29, 1.82) is 0 Å². The molecule has 3 heteroatoms. The summed E-state index contributed by atoms with van der Waals surface area (Å²) in [5, 5.41) is 3.05. The molecule has 1 fully saturated rings. The topological polar surface area (TPSA) is 38.3 Å². The van der Waals surface area contributed by atoms with Gasteiger partial charge in [-0.15, -0.1) is 0 Å². The summed E-state index contributed by atoms with van der Waals surface area (Å²) in [6.07, 6.45) is 4.28. The Bertz CT molecular complexity index is 470. The number of anilines is 1. The van der Waals surface area contributed by atoms with E-state index in [1.54, 1.807) is 7.11 Å². The molecule has 116 valence electrons. The van der Waals surface area contributed by atoms with Crippen LogP contribution in [0.2, 0.25) is 0 Å². The number of carbonyl (C=O) groups is 1. The molecule has 0 unspecified atom stereocenters. The van der Waals surface area contributed by atoms with E-state index in [-0.39, 0.29) is 11.3 Å². The SMILES string of the molecule is COc1ccc(NC(=O)C2(C)CCC(C(C)C)CC2)cc1. The molecule has 0 saturated heterocycles. The summed E-state index contributed by atoms with van der Waals surface area (Å²) in [6, 6.07) is 7.51. The third-order valence-electron chi connectivity index (χ3n) is 4.97. The van der Waals surface area contributed by atoms with Gasteiger partial charge in [0.1, 0.15) is 5.75 Å². The minimum atomic E-state index is -0.231. The van der Waals surface area contributed by atoms with Crippen LogP contribution in [0.3, 0.4) is 0 Å². The fourth-order valence-electron chi connectivity index (χ4n) is 3.13. The highest BCUT2D eigenvalue weighted by Gasteiger charge is 2.38. The van der Waals surface area contributed by atoms with Crippen molar-refractivity contribution in [1.82, 2.24) is 0 Å². The monoisotopic (exact) mass is 289 g/mol. The molecule has 1 N–H and O–H groups in total. The molecule has 1 aromatic rings.